The number of rotatable bonds is 8. The number of urea groups is 1. The van der Waals surface area contributed by atoms with Gasteiger partial charge >= 0.3 is 6.03 Å². The fourth-order valence-corrected chi connectivity index (χ4v) is 4.77. The number of aromatic nitrogens is 2. The Bertz CT molecular complexity index is 1310. The van der Waals surface area contributed by atoms with Crippen LogP contribution in [-0.2, 0) is 22.5 Å². The molecular weight excluding hydrogens is 500 g/mol. The maximum atomic E-state index is 13.3. The highest BCUT2D eigenvalue weighted by Gasteiger charge is 2.40. The van der Waals surface area contributed by atoms with E-state index in [2.05, 4.69) is 26.7 Å². The molecule has 39 heavy (non-hydrogen) atoms. The van der Waals surface area contributed by atoms with Crippen LogP contribution in [0.1, 0.15) is 47.4 Å². The molecule has 2 aromatic rings. The number of nitrogens with one attached hydrogen (secondary N) is 2. The third-order valence-electron chi connectivity index (χ3n) is 7.34. The first kappa shape index (κ1) is 27.9. The van der Waals surface area contributed by atoms with Crippen LogP contribution in [-0.4, -0.2) is 90.5 Å². The third-order valence-corrected chi connectivity index (χ3v) is 7.34. The number of hydrogen-bond acceptors (Lipinski definition) is 9. The second-order valence-electron chi connectivity index (χ2n) is 10.2. The van der Waals surface area contributed by atoms with E-state index in [4.69, 9.17) is 4.74 Å². The van der Waals surface area contributed by atoms with Crippen molar-refractivity contribution in [3.8, 4) is 6.07 Å². The largest absolute Gasteiger partial charge is 0.383 e. The molecule has 0 saturated carbocycles. The normalized spacial score (nSPS) is 16.8. The third kappa shape index (κ3) is 5.84. The lowest BCUT2D eigenvalue weighted by Gasteiger charge is -2.44. The zero-order valence-electron chi connectivity index (χ0n) is 22.8. The molecule has 12 heteroatoms. The van der Waals surface area contributed by atoms with Crippen LogP contribution in [0.25, 0.3) is 0 Å². The second kappa shape index (κ2) is 11.8. The molecule has 0 bridgehead atoms. The topological polar surface area (TPSA) is 144 Å². The van der Waals surface area contributed by atoms with Gasteiger partial charge in [0.2, 0.25) is 5.91 Å². The van der Waals surface area contributed by atoms with Crippen LogP contribution >= 0.6 is 0 Å². The number of ether oxygens (including phenoxy) is 1. The van der Waals surface area contributed by atoms with Gasteiger partial charge in [-0.1, -0.05) is 0 Å². The zero-order valence-corrected chi connectivity index (χ0v) is 22.8. The molecule has 1 saturated heterocycles. The molecule has 0 atom stereocenters. The molecule has 0 unspecified atom stereocenters. The summed E-state index contributed by atoms with van der Waals surface area (Å²) in [6, 6.07) is 5.12. The molecule has 2 aliphatic heterocycles. The number of fused-ring (bicyclic) bond motifs is 1. The number of likely N-dealkylation sites (N-methyl/N-ethyl adjacent to an activating group) is 1. The van der Waals surface area contributed by atoms with E-state index in [-0.39, 0.29) is 24.0 Å². The molecule has 0 aliphatic carbocycles. The van der Waals surface area contributed by atoms with Crippen LogP contribution in [0.2, 0.25) is 0 Å². The van der Waals surface area contributed by atoms with Crippen molar-refractivity contribution in [2.45, 2.75) is 38.8 Å². The van der Waals surface area contributed by atoms with Gasteiger partial charge < -0.3 is 15.0 Å². The smallest absolute Gasteiger partial charge is 0.328 e. The standard InChI is InChI=1S/C27H34N8O4/c1-27(2)25(37)34(10-9-33(27)3)16-19-12-18-6-5-8-35(24(18)31-22(19)17-36)26(38)32-23-13-21(29-7-11-39-4)20(14-28)15-30-23/h12-13,15,17H,5-11,16H2,1-4H3,(H2,29,30,32,38). The minimum Gasteiger partial charge on any atom is -0.383 e. The highest BCUT2D eigenvalue weighted by molar-refractivity contribution is 6.02. The summed E-state index contributed by atoms with van der Waals surface area (Å²) in [7, 11) is 3.51. The monoisotopic (exact) mass is 534 g/mol. The van der Waals surface area contributed by atoms with Gasteiger partial charge in [0, 0.05) is 57.7 Å². The molecule has 206 valence electrons. The number of amides is 3. The number of anilines is 3. The molecule has 2 N–H and O–H groups in total. The molecule has 0 radical (unpaired) electrons. The number of nitriles is 1. The first-order valence-electron chi connectivity index (χ1n) is 12.9. The summed E-state index contributed by atoms with van der Waals surface area (Å²) < 4.78 is 5.04. The van der Waals surface area contributed by atoms with Crippen LogP contribution in [0.3, 0.4) is 0 Å². The van der Waals surface area contributed by atoms with E-state index in [9.17, 15) is 19.6 Å². The molecule has 0 spiro atoms. The Labute approximate surface area is 227 Å². The van der Waals surface area contributed by atoms with Gasteiger partial charge in [-0.15, -0.1) is 0 Å². The quantitative estimate of drug-likeness (QED) is 0.385. The van der Waals surface area contributed by atoms with Crippen molar-refractivity contribution in [1.29, 1.82) is 5.26 Å². The highest BCUT2D eigenvalue weighted by atomic mass is 16.5. The number of nitrogens with zero attached hydrogens (tertiary/aromatic N) is 6. The van der Waals surface area contributed by atoms with Crippen molar-refractivity contribution < 1.29 is 19.1 Å². The average molecular weight is 535 g/mol. The van der Waals surface area contributed by atoms with Crippen molar-refractivity contribution in [1.82, 2.24) is 19.8 Å². The van der Waals surface area contributed by atoms with Crippen molar-refractivity contribution in [2.24, 2.45) is 0 Å². The first-order valence-corrected chi connectivity index (χ1v) is 12.9. The van der Waals surface area contributed by atoms with Crippen LogP contribution < -0.4 is 15.5 Å². The minimum atomic E-state index is -0.630. The van der Waals surface area contributed by atoms with E-state index in [0.717, 1.165) is 12.1 Å². The number of aryl methyl sites for hydroxylation is 1. The number of methoxy groups -OCH3 is 1. The minimum absolute atomic E-state index is 0.00202. The van der Waals surface area contributed by atoms with Gasteiger partial charge in [-0.05, 0) is 45.4 Å². The Morgan fingerprint density at radius 2 is 2.08 bits per heavy atom. The number of carbonyl (C=O) groups is 3. The fraction of sp³-hybridized carbons (Fsp3) is 0.481. The van der Waals surface area contributed by atoms with Gasteiger partial charge in [-0.25, -0.2) is 14.8 Å². The summed E-state index contributed by atoms with van der Waals surface area (Å²) in [4.78, 5) is 52.5. The SMILES string of the molecule is COCCNc1cc(NC(=O)N2CCCc3cc(CN4CCN(C)C(C)(C)C4=O)c(C=O)nc32)ncc1C#N. The molecule has 1 fully saturated rings. The van der Waals surface area contributed by atoms with Crippen LogP contribution in [0.4, 0.5) is 22.1 Å². The van der Waals surface area contributed by atoms with Gasteiger partial charge in [-0.2, -0.15) is 5.26 Å². The molecule has 4 rings (SSSR count). The lowest BCUT2D eigenvalue weighted by Crippen LogP contribution is -2.61. The second-order valence-corrected chi connectivity index (χ2v) is 10.2. The summed E-state index contributed by atoms with van der Waals surface area (Å²) in [6.45, 7) is 6.72. The summed E-state index contributed by atoms with van der Waals surface area (Å²) >= 11 is 0. The van der Waals surface area contributed by atoms with Gasteiger partial charge in [-0.3, -0.25) is 24.7 Å². The molecule has 2 aliphatic rings. The van der Waals surface area contributed by atoms with E-state index < -0.39 is 11.6 Å². The molecule has 2 aromatic heterocycles. The number of pyridine rings is 2. The maximum absolute atomic E-state index is 13.3. The van der Waals surface area contributed by atoms with E-state index in [1.807, 2.05) is 31.9 Å². The average Bonchev–Trinajstić information content (AvgIpc) is 2.93. The van der Waals surface area contributed by atoms with Crippen molar-refractivity contribution >= 4 is 35.5 Å². The van der Waals surface area contributed by atoms with Crippen LogP contribution in [0.5, 0.6) is 0 Å². The van der Waals surface area contributed by atoms with E-state index >= 15 is 0 Å². The Morgan fingerprint density at radius 1 is 1.28 bits per heavy atom. The lowest BCUT2D eigenvalue weighted by molar-refractivity contribution is -0.148. The maximum Gasteiger partial charge on any atom is 0.328 e. The Morgan fingerprint density at radius 3 is 2.79 bits per heavy atom. The molecular formula is C27H34N8O4. The van der Waals surface area contributed by atoms with Crippen molar-refractivity contribution in [3.05, 3.63) is 40.7 Å². The summed E-state index contributed by atoms with van der Waals surface area (Å²) in [5.74, 6) is 0.689. The lowest BCUT2D eigenvalue weighted by atomic mass is 9.97. The fourth-order valence-electron chi connectivity index (χ4n) is 4.77. The molecule has 3 amide bonds. The predicted molar refractivity (Wildman–Crippen MR) is 146 cm³/mol. The number of hydrogen-bond donors (Lipinski definition) is 2. The Balaban J connectivity index is 1.55. The van der Waals surface area contributed by atoms with E-state index in [0.29, 0.717) is 68.0 Å². The summed E-state index contributed by atoms with van der Waals surface area (Å²) in [5.41, 5.74) is 1.97. The van der Waals surface area contributed by atoms with Crippen molar-refractivity contribution in [2.75, 3.05) is 62.5 Å². The predicted octanol–water partition coefficient (Wildman–Crippen LogP) is 2.26. The zero-order chi connectivity index (χ0) is 28.2. The summed E-state index contributed by atoms with van der Waals surface area (Å²) in [5, 5.41) is 15.3. The molecule has 12 nitrogen and oxygen atoms in total. The number of aldehydes is 1. The van der Waals surface area contributed by atoms with Crippen molar-refractivity contribution in [3.63, 3.8) is 0 Å². The van der Waals surface area contributed by atoms with Gasteiger partial charge in [0.05, 0.1) is 23.4 Å². The first-order chi connectivity index (χ1) is 18.7. The number of carbonyl (C=O) groups excluding carboxylic acids is 3. The van der Waals surface area contributed by atoms with E-state index in [1.165, 1.54) is 11.1 Å². The Hall–Kier alpha value is -4.08. The van der Waals surface area contributed by atoms with Crippen LogP contribution in [0, 0.1) is 11.3 Å². The molecule has 0 aromatic carbocycles. The summed E-state index contributed by atoms with van der Waals surface area (Å²) in [6.07, 6.45) is 3.48. The van der Waals surface area contributed by atoms with Gasteiger partial charge in [0.25, 0.3) is 0 Å². The van der Waals surface area contributed by atoms with Gasteiger partial charge in [0.15, 0.2) is 6.29 Å². The van der Waals surface area contributed by atoms with Crippen LogP contribution in [0.15, 0.2) is 18.3 Å². The Kier molecular flexibility index (Phi) is 8.42. The highest BCUT2D eigenvalue weighted by Crippen LogP contribution is 2.30. The van der Waals surface area contributed by atoms with E-state index in [1.54, 1.807) is 18.1 Å². The molecule has 4 heterocycles. The van der Waals surface area contributed by atoms with Gasteiger partial charge in [0.1, 0.15) is 23.4 Å². The number of piperazine rings is 1.